The third kappa shape index (κ3) is 5.51. The van der Waals surface area contributed by atoms with Crippen molar-refractivity contribution in [3.63, 3.8) is 0 Å². The summed E-state index contributed by atoms with van der Waals surface area (Å²) in [5, 5.41) is 2.73. The molecule has 1 atom stereocenters. The van der Waals surface area contributed by atoms with Gasteiger partial charge in [0.1, 0.15) is 11.9 Å². The lowest BCUT2D eigenvalue weighted by molar-refractivity contribution is -0.150. The number of amides is 1. The number of aromatic nitrogens is 2. The van der Waals surface area contributed by atoms with Crippen LogP contribution in [0, 0.1) is 5.82 Å². The second kappa shape index (κ2) is 9.14. The Kier molecular flexibility index (Phi) is 6.39. The molecule has 29 heavy (non-hydrogen) atoms. The second-order valence-corrected chi connectivity index (χ2v) is 6.86. The number of ether oxygens (including phenoxy) is 1. The first kappa shape index (κ1) is 20.3. The molecule has 0 aliphatic rings. The van der Waals surface area contributed by atoms with Crippen LogP contribution in [0.3, 0.4) is 0 Å². The van der Waals surface area contributed by atoms with E-state index in [1.165, 1.54) is 12.1 Å². The van der Waals surface area contributed by atoms with Gasteiger partial charge in [-0.3, -0.25) is 4.79 Å². The molecule has 1 aromatic heterocycles. The van der Waals surface area contributed by atoms with Gasteiger partial charge in [0.05, 0.1) is 19.0 Å². The topological polar surface area (TPSA) is 73.2 Å². The summed E-state index contributed by atoms with van der Waals surface area (Å²) in [6.45, 7) is 3.72. The highest BCUT2D eigenvalue weighted by Gasteiger charge is 2.24. The maximum Gasteiger partial charge on any atom is 0.330 e. The van der Waals surface area contributed by atoms with Crippen molar-refractivity contribution in [1.29, 1.82) is 0 Å². The Bertz CT molecular complexity index is 952. The minimum absolute atomic E-state index is 0.213. The van der Waals surface area contributed by atoms with E-state index in [4.69, 9.17) is 4.74 Å². The predicted molar refractivity (Wildman–Crippen MR) is 107 cm³/mol. The summed E-state index contributed by atoms with van der Waals surface area (Å²) >= 11 is 0. The van der Waals surface area contributed by atoms with Crippen molar-refractivity contribution in [1.82, 2.24) is 14.9 Å². The average molecular weight is 395 g/mol. The molecule has 0 saturated carbocycles. The number of nitrogens with zero attached hydrogens (tertiary/aromatic N) is 2. The zero-order chi connectivity index (χ0) is 20.8. The third-order valence-corrected chi connectivity index (χ3v) is 4.22. The highest BCUT2D eigenvalue weighted by Crippen LogP contribution is 2.20. The van der Waals surface area contributed by atoms with Gasteiger partial charge in [-0.05, 0) is 49.2 Å². The lowest BCUT2D eigenvalue weighted by Gasteiger charge is -2.19. The van der Waals surface area contributed by atoms with E-state index >= 15 is 0 Å². The van der Waals surface area contributed by atoms with E-state index in [0.717, 1.165) is 11.1 Å². The van der Waals surface area contributed by atoms with Crippen molar-refractivity contribution in [2.45, 2.75) is 32.5 Å². The molecule has 2 aromatic carbocycles. The molecule has 150 valence electrons. The first-order chi connectivity index (χ1) is 13.9. The predicted octanol–water partition coefficient (Wildman–Crippen LogP) is 3.44. The Labute approximate surface area is 168 Å². The smallest absolute Gasteiger partial charge is 0.330 e. The summed E-state index contributed by atoms with van der Waals surface area (Å²) < 4.78 is 20.0. The van der Waals surface area contributed by atoms with Gasteiger partial charge in [0.15, 0.2) is 0 Å². The second-order valence-electron chi connectivity index (χ2n) is 6.86. The van der Waals surface area contributed by atoms with Gasteiger partial charge >= 0.3 is 5.97 Å². The zero-order valence-electron chi connectivity index (χ0n) is 16.2. The fourth-order valence-electron chi connectivity index (χ4n) is 2.80. The lowest BCUT2D eigenvalue weighted by Crippen LogP contribution is -2.45. The average Bonchev–Trinajstić information content (AvgIpc) is 3.21. The van der Waals surface area contributed by atoms with Crippen LogP contribution < -0.4 is 5.32 Å². The van der Waals surface area contributed by atoms with E-state index in [1.807, 2.05) is 0 Å². The molecule has 0 bridgehead atoms. The molecule has 1 N–H and O–H groups in total. The van der Waals surface area contributed by atoms with Gasteiger partial charge < -0.3 is 14.6 Å². The van der Waals surface area contributed by atoms with Crippen LogP contribution in [0.5, 0.6) is 0 Å². The van der Waals surface area contributed by atoms with Gasteiger partial charge in [0.2, 0.25) is 0 Å². The zero-order valence-corrected chi connectivity index (χ0v) is 16.2. The molecule has 0 aliphatic heterocycles. The number of imidazole rings is 1. The number of carbonyl (C=O) groups is 2. The van der Waals surface area contributed by atoms with Crippen LogP contribution in [0.1, 0.15) is 24.2 Å². The molecule has 3 rings (SSSR count). The molecule has 0 spiro atoms. The Hall–Kier alpha value is -3.48. The number of hydrogen-bond acceptors (Lipinski definition) is 4. The molecule has 7 heteroatoms. The molecular formula is C22H22FN3O3. The Balaban J connectivity index is 1.72. The number of halogens is 1. The van der Waals surface area contributed by atoms with Crippen LogP contribution in [-0.4, -0.2) is 33.6 Å². The van der Waals surface area contributed by atoms with Crippen molar-refractivity contribution in [2.75, 3.05) is 0 Å². The molecule has 3 aromatic rings. The molecule has 1 heterocycles. The van der Waals surface area contributed by atoms with Crippen LogP contribution in [0.25, 0.3) is 11.1 Å². The molecule has 0 fully saturated rings. The highest BCUT2D eigenvalue weighted by molar-refractivity contribution is 5.97. The van der Waals surface area contributed by atoms with E-state index < -0.39 is 12.0 Å². The molecule has 6 nitrogen and oxygen atoms in total. The fourth-order valence-corrected chi connectivity index (χ4v) is 2.80. The molecule has 0 radical (unpaired) electrons. The normalized spacial score (nSPS) is 11.9. The van der Waals surface area contributed by atoms with Crippen molar-refractivity contribution in [3.05, 3.63) is 78.6 Å². The van der Waals surface area contributed by atoms with E-state index in [9.17, 15) is 14.0 Å². The van der Waals surface area contributed by atoms with Crippen LogP contribution in [0.4, 0.5) is 4.39 Å². The van der Waals surface area contributed by atoms with E-state index in [-0.39, 0.29) is 24.4 Å². The molecular weight excluding hydrogens is 373 g/mol. The number of rotatable bonds is 7. The van der Waals surface area contributed by atoms with Crippen molar-refractivity contribution in [2.24, 2.45) is 0 Å². The van der Waals surface area contributed by atoms with Crippen molar-refractivity contribution < 1.29 is 18.7 Å². The number of esters is 1. The largest absolute Gasteiger partial charge is 0.461 e. The molecule has 0 unspecified atom stereocenters. The van der Waals surface area contributed by atoms with Crippen LogP contribution in [0.2, 0.25) is 0 Å². The number of nitrogens with one attached hydrogen (secondary N) is 1. The highest BCUT2D eigenvalue weighted by atomic mass is 19.1. The Morgan fingerprint density at radius 2 is 1.69 bits per heavy atom. The van der Waals surface area contributed by atoms with Gasteiger partial charge in [-0.1, -0.05) is 24.3 Å². The van der Waals surface area contributed by atoms with Crippen LogP contribution >= 0.6 is 0 Å². The molecule has 1 amide bonds. The summed E-state index contributed by atoms with van der Waals surface area (Å²) in [6, 6.07) is 12.1. The monoisotopic (exact) mass is 395 g/mol. The Morgan fingerprint density at radius 3 is 2.24 bits per heavy atom. The fraction of sp³-hybridized carbons (Fsp3) is 0.227. The van der Waals surface area contributed by atoms with Gasteiger partial charge in [-0.2, -0.15) is 0 Å². The van der Waals surface area contributed by atoms with E-state index in [1.54, 1.807) is 73.5 Å². The van der Waals surface area contributed by atoms with Crippen molar-refractivity contribution >= 4 is 11.9 Å². The third-order valence-electron chi connectivity index (χ3n) is 4.22. The number of benzene rings is 2. The van der Waals surface area contributed by atoms with Gasteiger partial charge in [0, 0.05) is 18.0 Å². The number of hydrogen-bond donors (Lipinski definition) is 1. The van der Waals surface area contributed by atoms with Crippen molar-refractivity contribution in [3.8, 4) is 11.1 Å². The molecule has 0 saturated heterocycles. The summed E-state index contributed by atoms with van der Waals surface area (Å²) in [5.41, 5.74) is 2.11. The Morgan fingerprint density at radius 1 is 1.07 bits per heavy atom. The maximum absolute atomic E-state index is 13.1. The van der Waals surface area contributed by atoms with Crippen LogP contribution in [0.15, 0.2) is 67.3 Å². The van der Waals surface area contributed by atoms with Crippen LogP contribution in [-0.2, 0) is 16.1 Å². The minimum Gasteiger partial charge on any atom is -0.461 e. The summed E-state index contributed by atoms with van der Waals surface area (Å²) in [4.78, 5) is 29.0. The summed E-state index contributed by atoms with van der Waals surface area (Å²) in [5.74, 6) is -1.20. The number of carbonyl (C=O) groups excluding carboxylic acids is 2. The summed E-state index contributed by atoms with van der Waals surface area (Å²) in [6.07, 6.45) is 4.58. The van der Waals surface area contributed by atoms with E-state index in [0.29, 0.717) is 5.56 Å². The molecule has 0 aliphatic carbocycles. The summed E-state index contributed by atoms with van der Waals surface area (Å²) in [7, 11) is 0. The maximum atomic E-state index is 13.1. The van der Waals surface area contributed by atoms with Gasteiger partial charge in [-0.15, -0.1) is 0 Å². The SMILES string of the molecule is CC(C)OC(=O)[C@H](Cn1ccnc1)NC(=O)c1ccc(-c2ccc(F)cc2)cc1. The first-order valence-electron chi connectivity index (χ1n) is 9.25. The van der Waals surface area contributed by atoms with E-state index in [2.05, 4.69) is 10.3 Å². The quantitative estimate of drug-likeness (QED) is 0.622. The lowest BCUT2D eigenvalue weighted by atomic mass is 10.0. The van der Waals surface area contributed by atoms with Gasteiger partial charge in [0.25, 0.3) is 5.91 Å². The first-order valence-corrected chi connectivity index (χ1v) is 9.25. The standard InChI is InChI=1S/C22H22FN3O3/c1-15(2)29-22(28)20(13-26-12-11-24-14-26)25-21(27)18-5-3-16(4-6-18)17-7-9-19(23)10-8-17/h3-12,14-15,20H,13H2,1-2H3,(H,25,27)/t20-/m0/s1. The minimum atomic E-state index is -0.851. The van der Waals surface area contributed by atoms with Gasteiger partial charge in [-0.25, -0.2) is 14.2 Å².